The van der Waals surface area contributed by atoms with Gasteiger partial charge in [-0.05, 0) is 18.2 Å². The standard InChI is InChI=1S/C21H18N2O3/c1-25-19-10-6-3-7-14(19)13-23-18-9-5-4-8-16(18)17-11-15(21(24)26-2)12-22-20(17)23/h3-12H,13H2,1-2H3. The Bertz CT molecular complexity index is 1110. The number of hydrogen-bond donors (Lipinski definition) is 0. The van der Waals surface area contributed by atoms with Gasteiger partial charge in [-0.25, -0.2) is 9.78 Å². The van der Waals surface area contributed by atoms with Crippen LogP contribution in [0.2, 0.25) is 0 Å². The van der Waals surface area contributed by atoms with Gasteiger partial charge < -0.3 is 14.0 Å². The number of carbonyl (C=O) groups is 1. The third-order valence-electron chi connectivity index (χ3n) is 4.55. The third kappa shape index (κ3) is 2.58. The van der Waals surface area contributed by atoms with Crippen LogP contribution in [0.1, 0.15) is 15.9 Å². The molecule has 0 aliphatic heterocycles. The van der Waals surface area contributed by atoms with Crippen LogP contribution in [0.15, 0.2) is 60.8 Å². The number of pyridine rings is 1. The molecule has 5 heteroatoms. The number of benzene rings is 2. The van der Waals surface area contributed by atoms with Gasteiger partial charge in [0, 0.05) is 22.5 Å². The first kappa shape index (κ1) is 16.1. The molecule has 0 radical (unpaired) electrons. The average molecular weight is 346 g/mol. The highest BCUT2D eigenvalue weighted by atomic mass is 16.5. The Morgan fingerprint density at radius 1 is 1.04 bits per heavy atom. The first-order valence-corrected chi connectivity index (χ1v) is 8.30. The van der Waals surface area contributed by atoms with Crippen LogP contribution < -0.4 is 4.74 Å². The zero-order chi connectivity index (χ0) is 18.1. The minimum atomic E-state index is -0.388. The summed E-state index contributed by atoms with van der Waals surface area (Å²) in [4.78, 5) is 16.4. The van der Waals surface area contributed by atoms with Crippen LogP contribution in [0.5, 0.6) is 5.75 Å². The number of nitrogens with zero attached hydrogens (tertiary/aromatic N) is 2. The van der Waals surface area contributed by atoms with Crippen molar-refractivity contribution in [3.63, 3.8) is 0 Å². The molecule has 26 heavy (non-hydrogen) atoms. The summed E-state index contributed by atoms with van der Waals surface area (Å²) in [5.41, 5.74) is 3.39. The van der Waals surface area contributed by atoms with Crippen molar-refractivity contribution in [2.75, 3.05) is 14.2 Å². The van der Waals surface area contributed by atoms with Gasteiger partial charge in [-0.15, -0.1) is 0 Å². The second-order valence-corrected chi connectivity index (χ2v) is 6.00. The quantitative estimate of drug-likeness (QED) is 0.524. The number of ether oxygens (including phenoxy) is 2. The van der Waals surface area contributed by atoms with E-state index in [9.17, 15) is 4.79 Å². The van der Waals surface area contributed by atoms with Crippen LogP contribution in [0.25, 0.3) is 21.9 Å². The van der Waals surface area contributed by atoms with Crippen LogP contribution in [-0.2, 0) is 11.3 Å². The minimum absolute atomic E-state index is 0.388. The van der Waals surface area contributed by atoms with E-state index in [4.69, 9.17) is 9.47 Å². The van der Waals surface area contributed by atoms with Crippen molar-refractivity contribution in [2.24, 2.45) is 0 Å². The second-order valence-electron chi connectivity index (χ2n) is 6.00. The van der Waals surface area contributed by atoms with Crippen molar-refractivity contribution in [2.45, 2.75) is 6.54 Å². The summed E-state index contributed by atoms with van der Waals surface area (Å²) in [6.07, 6.45) is 1.56. The van der Waals surface area contributed by atoms with Crippen molar-refractivity contribution in [1.29, 1.82) is 0 Å². The van der Waals surface area contributed by atoms with E-state index in [0.717, 1.165) is 33.2 Å². The van der Waals surface area contributed by atoms with Gasteiger partial charge in [0.1, 0.15) is 11.4 Å². The molecule has 0 atom stereocenters. The molecule has 0 N–H and O–H groups in total. The molecule has 4 rings (SSSR count). The molecule has 5 nitrogen and oxygen atoms in total. The molecule has 0 aliphatic carbocycles. The predicted molar refractivity (Wildman–Crippen MR) is 101 cm³/mol. The van der Waals surface area contributed by atoms with E-state index < -0.39 is 0 Å². The normalized spacial score (nSPS) is 11.0. The zero-order valence-electron chi connectivity index (χ0n) is 14.6. The fourth-order valence-electron chi connectivity index (χ4n) is 3.32. The molecule has 0 amide bonds. The SMILES string of the molecule is COC(=O)c1cnc2c(c1)c1ccccc1n2Cc1ccccc1OC. The third-order valence-corrected chi connectivity index (χ3v) is 4.55. The Hall–Kier alpha value is -3.34. The average Bonchev–Trinajstić information content (AvgIpc) is 3.01. The lowest BCUT2D eigenvalue weighted by Crippen LogP contribution is -2.04. The summed E-state index contributed by atoms with van der Waals surface area (Å²) in [5.74, 6) is 0.450. The maximum absolute atomic E-state index is 11.9. The van der Waals surface area contributed by atoms with Gasteiger partial charge in [-0.1, -0.05) is 36.4 Å². The highest BCUT2D eigenvalue weighted by molar-refractivity contribution is 6.08. The summed E-state index contributed by atoms with van der Waals surface area (Å²) in [6.45, 7) is 0.624. The highest BCUT2D eigenvalue weighted by Crippen LogP contribution is 2.30. The van der Waals surface area contributed by atoms with Crippen molar-refractivity contribution >= 4 is 27.9 Å². The maximum atomic E-state index is 11.9. The van der Waals surface area contributed by atoms with Gasteiger partial charge in [-0.2, -0.15) is 0 Å². The summed E-state index contributed by atoms with van der Waals surface area (Å²) < 4.78 is 12.5. The molecule has 0 spiro atoms. The smallest absolute Gasteiger partial charge is 0.339 e. The lowest BCUT2D eigenvalue weighted by Gasteiger charge is -2.11. The fourth-order valence-corrected chi connectivity index (χ4v) is 3.32. The summed E-state index contributed by atoms with van der Waals surface area (Å²) in [6, 6.07) is 17.9. The van der Waals surface area contributed by atoms with Crippen molar-refractivity contribution < 1.29 is 14.3 Å². The van der Waals surface area contributed by atoms with Crippen molar-refractivity contribution in [1.82, 2.24) is 9.55 Å². The monoisotopic (exact) mass is 346 g/mol. The largest absolute Gasteiger partial charge is 0.496 e. The number of hydrogen-bond acceptors (Lipinski definition) is 4. The van der Waals surface area contributed by atoms with Gasteiger partial charge >= 0.3 is 5.97 Å². The lowest BCUT2D eigenvalue weighted by atomic mass is 10.1. The van der Waals surface area contributed by atoms with Gasteiger partial charge in [0.05, 0.1) is 31.8 Å². The molecule has 0 aliphatic rings. The van der Waals surface area contributed by atoms with Crippen molar-refractivity contribution in [3.8, 4) is 5.75 Å². The van der Waals surface area contributed by atoms with E-state index in [2.05, 4.69) is 15.6 Å². The van der Waals surface area contributed by atoms with E-state index in [1.165, 1.54) is 7.11 Å². The number of aromatic nitrogens is 2. The Kier molecular flexibility index (Phi) is 4.05. The van der Waals surface area contributed by atoms with Crippen LogP contribution in [0.4, 0.5) is 0 Å². The van der Waals surface area contributed by atoms with Crippen molar-refractivity contribution in [3.05, 3.63) is 71.9 Å². The topological polar surface area (TPSA) is 53.3 Å². The van der Waals surface area contributed by atoms with Gasteiger partial charge in [-0.3, -0.25) is 0 Å². The summed E-state index contributed by atoms with van der Waals surface area (Å²) >= 11 is 0. The van der Waals surface area contributed by atoms with E-state index in [1.54, 1.807) is 13.3 Å². The Morgan fingerprint density at radius 2 is 1.81 bits per heavy atom. The first-order valence-electron chi connectivity index (χ1n) is 8.30. The molecule has 130 valence electrons. The number of carbonyl (C=O) groups excluding carboxylic acids is 1. The highest BCUT2D eigenvalue weighted by Gasteiger charge is 2.16. The first-order chi connectivity index (χ1) is 12.7. The van der Waals surface area contributed by atoms with Crippen LogP contribution in [-0.4, -0.2) is 29.7 Å². The van der Waals surface area contributed by atoms with E-state index >= 15 is 0 Å². The van der Waals surface area contributed by atoms with Crippen LogP contribution >= 0.6 is 0 Å². The Balaban J connectivity index is 1.94. The maximum Gasteiger partial charge on any atom is 0.339 e. The molecular weight excluding hydrogens is 328 g/mol. The molecular formula is C21H18N2O3. The number of methoxy groups -OCH3 is 2. The molecule has 2 heterocycles. The Labute approximate surface area is 150 Å². The number of para-hydroxylation sites is 2. The fraction of sp³-hybridized carbons (Fsp3) is 0.143. The van der Waals surface area contributed by atoms with E-state index in [-0.39, 0.29) is 5.97 Å². The van der Waals surface area contributed by atoms with E-state index in [1.807, 2.05) is 48.5 Å². The minimum Gasteiger partial charge on any atom is -0.496 e. The van der Waals surface area contributed by atoms with Gasteiger partial charge in [0.2, 0.25) is 0 Å². The lowest BCUT2D eigenvalue weighted by molar-refractivity contribution is 0.0600. The van der Waals surface area contributed by atoms with Gasteiger partial charge in [0.15, 0.2) is 0 Å². The number of esters is 1. The molecule has 4 aromatic rings. The van der Waals surface area contributed by atoms with E-state index in [0.29, 0.717) is 12.1 Å². The second kappa shape index (κ2) is 6.52. The molecule has 2 aromatic heterocycles. The predicted octanol–water partition coefficient (Wildman–Crippen LogP) is 4.03. The van der Waals surface area contributed by atoms with Crippen LogP contribution in [0.3, 0.4) is 0 Å². The summed E-state index contributed by atoms with van der Waals surface area (Å²) in [5, 5.41) is 1.98. The summed E-state index contributed by atoms with van der Waals surface area (Å²) in [7, 11) is 3.04. The number of rotatable bonds is 4. The van der Waals surface area contributed by atoms with Gasteiger partial charge in [0.25, 0.3) is 0 Å². The zero-order valence-corrected chi connectivity index (χ0v) is 14.6. The molecule has 0 saturated heterocycles. The molecule has 2 aromatic carbocycles. The number of fused-ring (bicyclic) bond motifs is 3. The molecule has 0 bridgehead atoms. The Morgan fingerprint density at radius 3 is 2.62 bits per heavy atom. The molecule has 0 saturated carbocycles. The van der Waals surface area contributed by atoms with Crippen LogP contribution in [0, 0.1) is 0 Å². The molecule has 0 unspecified atom stereocenters. The molecule has 0 fully saturated rings.